The largest absolute Gasteiger partial charge is 0.489 e. The number of carbonyl (C=O) groups is 1. The van der Waals surface area contributed by atoms with Crippen LogP contribution in [0.25, 0.3) is 21.3 Å². The number of thiazole rings is 1. The minimum absolute atomic E-state index is 0.0743. The first-order valence-corrected chi connectivity index (χ1v) is 10.7. The van der Waals surface area contributed by atoms with Gasteiger partial charge in [-0.15, -0.1) is 11.3 Å². The van der Waals surface area contributed by atoms with Crippen molar-refractivity contribution in [1.29, 1.82) is 0 Å². The molecule has 7 heteroatoms. The second-order valence-corrected chi connectivity index (χ2v) is 8.90. The van der Waals surface area contributed by atoms with Gasteiger partial charge in [0.25, 0.3) is 0 Å². The first kappa shape index (κ1) is 19.6. The highest BCUT2D eigenvalue weighted by molar-refractivity contribution is 7.18. The molecule has 152 valence electrons. The number of ether oxygens (including phenoxy) is 2. The van der Waals surface area contributed by atoms with Crippen molar-refractivity contribution in [2.24, 2.45) is 5.92 Å². The molecular formula is C22H25N3O3S. The molecule has 1 aliphatic heterocycles. The van der Waals surface area contributed by atoms with E-state index in [1.54, 1.807) is 11.3 Å². The van der Waals surface area contributed by atoms with Crippen LogP contribution in [0.2, 0.25) is 0 Å². The molecule has 2 unspecified atom stereocenters. The van der Waals surface area contributed by atoms with Crippen LogP contribution in [-0.4, -0.2) is 34.6 Å². The molecule has 1 aromatic carbocycles. The summed E-state index contributed by atoms with van der Waals surface area (Å²) in [5.74, 6) is 1.67. The predicted octanol–water partition coefficient (Wildman–Crippen LogP) is 4.36. The van der Waals surface area contributed by atoms with E-state index in [1.165, 1.54) is 0 Å². The maximum atomic E-state index is 11.6. The molecule has 0 spiro atoms. The van der Waals surface area contributed by atoms with Crippen molar-refractivity contribution in [2.45, 2.75) is 46.3 Å². The maximum absolute atomic E-state index is 11.6. The molecule has 1 fully saturated rings. The molecular weight excluding hydrogens is 386 g/mol. The molecule has 29 heavy (non-hydrogen) atoms. The molecule has 1 amide bonds. The van der Waals surface area contributed by atoms with Crippen molar-refractivity contribution in [3.05, 3.63) is 35.5 Å². The summed E-state index contributed by atoms with van der Waals surface area (Å²) in [5, 5.41) is 3.88. The average Bonchev–Trinajstić information content (AvgIpc) is 3.27. The van der Waals surface area contributed by atoms with Crippen LogP contribution in [-0.2, 0) is 4.79 Å². The van der Waals surface area contributed by atoms with Gasteiger partial charge in [-0.2, -0.15) is 0 Å². The van der Waals surface area contributed by atoms with Crippen LogP contribution in [0.5, 0.6) is 11.6 Å². The maximum Gasteiger partial charge on any atom is 0.220 e. The van der Waals surface area contributed by atoms with Crippen LogP contribution >= 0.6 is 11.3 Å². The number of amides is 1. The number of hydrogen-bond donors (Lipinski definition) is 1. The highest BCUT2D eigenvalue weighted by atomic mass is 32.1. The number of carbonyl (C=O) groups excluding carboxylic acids is 1. The van der Waals surface area contributed by atoms with Gasteiger partial charge in [-0.3, -0.25) is 4.79 Å². The summed E-state index contributed by atoms with van der Waals surface area (Å²) in [7, 11) is 0. The van der Waals surface area contributed by atoms with Crippen molar-refractivity contribution >= 4 is 27.5 Å². The highest BCUT2D eigenvalue weighted by Gasteiger charge is 2.28. The van der Waals surface area contributed by atoms with E-state index in [4.69, 9.17) is 9.47 Å². The van der Waals surface area contributed by atoms with Crippen LogP contribution in [0.3, 0.4) is 0 Å². The van der Waals surface area contributed by atoms with Gasteiger partial charge < -0.3 is 14.8 Å². The van der Waals surface area contributed by atoms with Crippen LogP contribution in [0.15, 0.2) is 30.5 Å². The Kier molecular flexibility index (Phi) is 5.41. The second kappa shape index (κ2) is 7.99. The normalized spacial score (nSPS) is 17.6. The summed E-state index contributed by atoms with van der Waals surface area (Å²) in [6, 6.07) is 7.99. The fraction of sp³-hybridized carbons (Fsp3) is 0.409. The van der Waals surface area contributed by atoms with Gasteiger partial charge >= 0.3 is 0 Å². The number of rotatable bonds is 6. The molecule has 1 N–H and O–H groups in total. The molecule has 3 heterocycles. The van der Waals surface area contributed by atoms with Crippen LogP contribution in [0.1, 0.15) is 32.2 Å². The van der Waals surface area contributed by atoms with Crippen LogP contribution in [0, 0.1) is 12.8 Å². The Morgan fingerprint density at radius 2 is 2.00 bits per heavy atom. The van der Waals surface area contributed by atoms with Gasteiger partial charge in [-0.05, 0) is 51.5 Å². The molecule has 2 atom stereocenters. The summed E-state index contributed by atoms with van der Waals surface area (Å²) in [6.07, 6.45) is 2.33. The number of pyridine rings is 1. The van der Waals surface area contributed by atoms with Gasteiger partial charge in [0, 0.05) is 36.7 Å². The van der Waals surface area contributed by atoms with E-state index in [9.17, 15) is 4.79 Å². The van der Waals surface area contributed by atoms with Crippen molar-refractivity contribution < 1.29 is 14.3 Å². The zero-order chi connectivity index (χ0) is 20.5. The lowest BCUT2D eigenvalue weighted by molar-refractivity contribution is -0.119. The molecule has 0 aliphatic carbocycles. The number of nitrogens with zero attached hydrogens (tertiary/aromatic N) is 2. The van der Waals surface area contributed by atoms with E-state index in [0.717, 1.165) is 32.1 Å². The molecule has 2 aromatic heterocycles. The molecule has 0 saturated carbocycles. The Balaban J connectivity index is 1.66. The molecule has 1 aliphatic rings. The topological polar surface area (TPSA) is 73.3 Å². The van der Waals surface area contributed by atoms with E-state index in [2.05, 4.69) is 21.4 Å². The van der Waals surface area contributed by atoms with Crippen molar-refractivity contribution in [2.75, 3.05) is 6.54 Å². The Hall–Kier alpha value is -2.67. The van der Waals surface area contributed by atoms with E-state index in [0.29, 0.717) is 18.8 Å². The Labute approximate surface area is 174 Å². The van der Waals surface area contributed by atoms with E-state index < -0.39 is 0 Å². The summed E-state index contributed by atoms with van der Waals surface area (Å²) >= 11 is 1.62. The summed E-state index contributed by atoms with van der Waals surface area (Å²) in [4.78, 5) is 20.6. The third-order valence-corrected chi connectivity index (χ3v) is 5.98. The minimum atomic E-state index is -0.0743. The Bertz CT molecular complexity index is 1030. The minimum Gasteiger partial charge on any atom is -0.489 e. The van der Waals surface area contributed by atoms with Gasteiger partial charge in [0.1, 0.15) is 11.9 Å². The molecule has 1 saturated heterocycles. The van der Waals surface area contributed by atoms with E-state index >= 15 is 0 Å². The smallest absolute Gasteiger partial charge is 0.220 e. The summed E-state index contributed by atoms with van der Waals surface area (Å²) in [6.45, 7) is 8.64. The molecule has 0 bridgehead atoms. The third kappa shape index (κ3) is 4.34. The molecule has 6 nitrogen and oxygen atoms in total. The monoisotopic (exact) mass is 411 g/mol. The fourth-order valence-corrected chi connectivity index (χ4v) is 4.34. The fourth-order valence-electron chi connectivity index (χ4n) is 3.49. The zero-order valence-corrected chi connectivity index (χ0v) is 17.9. The molecule has 3 aromatic rings. The number of benzene rings is 1. The van der Waals surface area contributed by atoms with Gasteiger partial charge in [-0.1, -0.05) is 0 Å². The SMILES string of the molecule is Cc1nc2cc(-c3ccc(OC(C)C)nc3)cc(OC(C)C3CNC(=O)C3)c2s1. The highest BCUT2D eigenvalue weighted by Crippen LogP contribution is 2.37. The molecule has 0 radical (unpaired) electrons. The number of aromatic nitrogens is 2. The zero-order valence-electron chi connectivity index (χ0n) is 17.1. The van der Waals surface area contributed by atoms with Gasteiger partial charge in [0.15, 0.2) is 0 Å². The number of nitrogens with one attached hydrogen (secondary N) is 1. The first-order valence-electron chi connectivity index (χ1n) is 9.86. The van der Waals surface area contributed by atoms with Crippen molar-refractivity contribution in [3.8, 4) is 22.8 Å². The molecule has 4 rings (SSSR count). The van der Waals surface area contributed by atoms with Crippen LogP contribution in [0.4, 0.5) is 0 Å². The number of fused-ring (bicyclic) bond motifs is 1. The predicted molar refractivity (Wildman–Crippen MR) is 115 cm³/mol. The van der Waals surface area contributed by atoms with Gasteiger partial charge in [0.2, 0.25) is 11.8 Å². The Morgan fingerprint density at radius 1 is 1.17 bits per heavy atom. The third-order valence-electron chi connectivity index (χ3n) is 4.97. The lowest BCUT2D eigenvalue weighted by atomic mass is 10.0. The lowest BCUT2D eigenvalue weighted by Crippen LogP contribution is -2.25. The summed E-state index contributed by atoms with van der Waals surface area (Å²) < 4.78 is 13.0. The van der Waals surface area contributed by atoms with Gasteiger partial charge in [0.05, 0.1) is 21.3 Å². The van der Waals surface area contributed by atoms with Crippen molar-refractivity contribution in [1.82, 2.24) is 15.3 Å². The number of hydrogen-bond acceptors (Lipinski definition) is 6. The van der Waals surface area contributed by atoms with Gasteiger partial charge in [-0.25, -0.2) is 9.97 Å². The Morgan fingerprint density at radius 3 is 2.66 bits per heavy atom. The van der Waals surface area contributed by atoms with Crippen molar-refractivity contribution in [3.63, 3.8) is 0 Å². The second-order valence-electron chi connectivity index (χ2n) is 7.70. The standard InChI is InChI=1S/C22H25N3O3S/c1-12(2)27-21-6-5-15(10-24-21)16-7-18-22(29-14(4)25-18)19(8-16)28-13(3)17-9-20(26)23-11-17/h5-8,10,12-13,17H,9,11H2,1-4H3,(H,23,26). The van der Waals surface area contributed by atoms with Crippen LogP contribution < -0.4 is 14.8 Å². The number of aryl methyl sites for hydroxylation is 1. The summed E-state index contributed by atoms with van der Waals surface area (Å²) in [5.41, 5.74) is 2.88. The van der Waals surface area contributed by atoms with E-state index in [1.807, 2.05) is 52.1 Å². The average molecular weight is 412 g/mol. The lowest BCUT2D eigenvalue weighted by Gasteiger charge is -2.20. The quantitative estimate of drug-likeness (QED) is 0.652. The first-order chi connectivity index (χ1) is 13.9. The van der Waals surface area contributed by atoms with E-state index in [-0.39, 0.29) is 24.0 Å².